The fourth-order valence-corrected chi connectivity index (χ4v) is 6.30. The number of nitrogens with one attached hydrogen (secondary N) is 2. The van der Waals surface area contributed by atoms with Crippen LogP contribution < -0.4 is 5.32 Å². The smallest absolute Gasteiger partial charge is 0.270 e. The van der Waals surface area contributed by atoms with Crippen LogP contribution in [-0.4, -0.2) is 54.7 Å². The van der Waals surface area contributed by atoms with Crippen molar-refractivity contribution in [1.29, 1.82) is 0 Å². The van der Waals surface area contributed by atoms with E-state index in [0.717, 1.165) is 25.7 Å². The number of amides is 2. The van der Waals surface area contributed by atoms with Crippen LogP contribution in [0.2, 0.25) is 0 Å². The molecule has 2 fully saturated rings. The molecule has 10 nitrogen and oxygen atoms in total. The van der Waals surface area contributed by atoms with Crippen LogP contribution >= 0.6 is 11.8 Å². The minimum absolute atomic E-state index is 0.0156. The molecular weight excluding hydrogens is 504 g/mol. The van der Waals surface area contributed by atoms with Crippen molar-refractivity contribution in [3.05, 3.63) is 45.8 Å². The van der Waals surface area contributed by atoms with Crippen LogP contribution in [0.4, 0.5) is 5.69 Å². The Kier molecular flexibility index (Phi) is 9.76. The number of thioether (sulfide) groups is 1. The first-order chi connectivity index (χ1) is 18.3. The Morgan fingerprint density at radius 2 is 1.74 bits per heavy atom. The highest BCUT2D eigenvalue weighted by atomic mass is 32.2. The highest BCUT2D eigenvalue weighted by Crippen LogP contribution is 2.31. The maximum Gasteiger partial charge on any atom is 0.270 e. The number of aromatic amines is 1. The minimum atomic E-state index is -0.526. The summed E-state index contributed by atoms with van der Waals surface area (Å²) < 4.78 is 0. The van der Waals surface area contributed by atoms with E-state index in [0.29, 0.717) is 23.1 Å². The van der Waals surface area contributed by atoms with E-state index in [4.69, 9.17) is 0 Å². The predicted molar refractivity (Wildman–Crippen MR) is 146 cm³/mol. The molecule has 4 rings (SSSR count). The average molecular weight is 543 g/mol. The third-order valence-corrected chi connectivity index (χ3v) is 8.43. The van der Waals surface area contributed by atoms with Crippen molar-refractivity contribution in [2.24, 2.45) is 5.92 Å². The summed E-state index contributed by atoms with van der Waals surface area (Å²) in [5, 5.41) is 21.7. The van der Waals surface area contributed by atoms with Gasteiger partial charge in [0.2, 0.25) is 11.1 Å². The van der Waals surface area contributed by atoms with Gasteiger partial charge in [0.1, 0.15) is 5.82 Å². The molecule has 0 unspecified atom stereocenters. The first-order valence-corrected chi connectivity index (χ1v) is 14.7. The van der Waals surface area contributed by atoms with Crippen LogP contribution in [0.5, 0.6) is 0 Å². The van der Waals surface area contributed by atoms with Crippen molar-refractivity contribution < 1.29 is 14.5 Å². The fraction of sp³-hybridized carbons (Fsp3) is 0.630. The molecule has 0 radical (unpaired) electrons. The molecule has 2 N–H and O–H groups in total. The van der Waals surface area contributed by atoms with E-state index in [1.165, 1.54) is 74.6 Å². The van der Waals surface area contributed by atoms with Gasteiger partial charge in [0.25, 0.3) is 11.6 Å². The lowest BCUT2D eigenvalue weighted by Gasteiger charge is -2.41. The number of non-ortho nitro benzene ring substituents is 1. The number of carbonyl (C=O) groups excluding carboxylic acids is 2. The summed E-state index contributed by atoms with van der Waals surface area (Å²) in [4.78, 5) is 43.7. The lowest BCUT2D eigenvalue weighted by molar-refractivity contribution is -0.384. The summed E-state index contributed by atoms with van der Waals surface area (Å²) in [6.07, 6.45) is 11.7. The Balaban J connectivity index is 1.40. The third kappa shape index (κ3) is 7.12. The number of carbonyl (C=O) groups is 2. The lowest BCUT2D eigenvalue weighted by Crippen LogP contribution is -2.49. The summed E-state index contributed by atoms with van der Waals surface area (Å²) >= 11 is 1.32. The van der Waals surface area contributed by atoms with Gasteiger partial charge in [-0.2, -0.15) is 0 Å². The van der Waals surface area contributed by atoms with E-state index < -0.39 is 16.9 Å². The van der Waals surface area contributed by atoms with Crippen molar-refractivity contribution in [3.63, 3.8) is 0 Å². The monoisotopic (exact) mass is 542 g/mol. The van der Waals surface area contributed by atoms with Gasteiger partial charge in [0.15, 0.2) is 0 Å². The first kappa shape index (κ1) is 28.1. The zero-order chi connectivity index (χ0) is 27.1. The number of hydrogen-bond acceptors (Lipinski definition) is 7. The summed E-state index contributed by atoms with van der Waals surface area (Å²) in [5.74, 6) is 0.503. The number of hydrogen-bond donors (Lipinski definition) is 2. The molecule has 1 atom stereocenters. The molecular formula is C27H38N6O4S. The molecule has 0 aliphatic heterocycles. The molecule has 2 saturated carbocycles. The van der Waals surface area contributed by atoms with E-state index in [1.54, 1.807) is 0 Å². The highest BCUT2D eigenvalue weighted by Gasteiger charge is 2.32. The maximum atomic E-state index is 13.5. The molecule has 38 heavy (non-hydrogen) atoms. The maximum absolute atomic E-state index is 13.5. The van der Waals surface area contributed by atoms with Gasteiger partial charge in [-0.25, -0.2) is 4.98 Å². The van der Waals surface area contributed by atoms with Gasteiger partial charge in [0, 0.05) is 29.8 Å². The normalized spacial score (nSPS) is 17.8. The molecule has 2 aliphatic carbocycles. The van der Waals surface area contributed by atoms with Gasteiger partial charge in [-0.15, -0.1) is 5.10 Å². The number of nitro benzene ring substituents is 1. The Morgan fingerprint density at radius 3 is 2.32 bits per heavy atom. The van der Waals surface area contributed by atoms with Crippen molar-refractivity contribution in [2.75, 3.05) is 5.75 Å². The zero-order valence-electron chi connectivity index (χ0n) is 22.2. The Labute approximate surface area is 227 Å². The van der Waals surface area contributed by atoms with Crippen LogP contribution in [0, 0.1) is 16.0 Å². The number of benzene rings is 1. The molecule has 1 aromatic heterocycles. The van der Waals surface area contributed by atoms with Gasteiger partial charge in [-0.05, 0) is 37.7 Å². The second-order valence-corrected chi connectivity index (χ2v) is 11.6. The van der Waals surface area contributed by atoms with E-state index in [-0.39, 0.29) is 28.8 Å². The summed E-state index contributed by atoms with van der Waals surface area (Å²) in [5.41, 5.74) is 0.0624. The average Bonchev–Trinajstić information content (AvgIpc) is 3.40. The molecule has 11 heteroatoms. The van der Waals surface area contributed by atoms with Gasteiger partial charge >= 0.3 is 0 Å². The van der Waals surface area contributed by atoms with Gasteiger partial charge in [-0.3, -0.25) is 24.8 Å². The Bertz CT molecular complexity index is 1090. The van der Waals surface area contributed by atoms with Crippen LogP contribution in [-0.2, 0) is 4.79 Å². The lowest BCUT2D eigenvalue weighted by atomic mass is 9.88. The highest BCUT2D eigenvalue weighted by molar-refractivity contribution is 7.99. The molecule has 2 amide bonds. The van der Waals surface area contributed by atoms with E-state index in [1.807, 2.05) is 13.8 Å². The second-order valence-electron chi connectivity index (χ2n) is 10.7. The van der Waals surface area contributed by atoms with Gasteiger partial charge in [0.05, 0.1) is 16.7 Å². The number of H-pyrrole nitrogens is 1. The predicted octanol–water partition coefficient (Wildman–Crippen LogP) is 5.43. The number of rotatable bonds is 10. The summed E-state index contributed by atoms with van der Waals surface area (Å²) in [6.45, 7) is 3.90. The van der Waals surface area contributed by atoms with E-state index in [9.17, 15) is 19.7 Å². The molecule has 0 spiro atoms. The third-order valence-electron chi connectivity index (χ3n) is 7.60. The largest absolute Gasteiger partial charge is 0.342 e. The summed E-state index contributed by atoms with van der Waals surface area (Å²) in [6, 6.07) is 5.85. The van der Waals surface area contributed by atoms with Crippen molar-refractivity contribution >= 4 is 29.3 Å². The van der Waals surface area contributed by atoms with Gasteiger partial charge in [-0.1, -0.05) is 70.2 Å². The fourth-order valence-electron chi connectivity index (χ4n) is 5.62. The Morgan fingerprint density at radius 1 is 1.11 bits per heavy atom. The number of nitro groups is 1. The minimum Gasteiger partial charge on any atom is -0.342 e. The zero-order valence-corrected chi connectivity index (χ0v) is 23.0. The molecule has 1 aromatic carbocycles. The van der Waals surface area contributed by atoms with Crippen LogP contribution in [0.25, 0.3) is 0 Å². The Hall–Kier alpha value is -2.95. The second kappa shape index (κ2) is 13.2. The van der Waals surface area contributed by atoms with Crippen molar-refractivity contribution in [3.8, 4) is 0 Å². The molecule has 2 aliphatic rings. The van der Waals surface area contributed by atoms with Gasteiger partial charge < -0.3 is 10.2 Å². The first-order valence-electron chi connectivity index (χ1n) is 13.7. The SMILES string of the molecule is CC(C)[C@@H](NC(=O)c1cccc([N+](=O)[O-])c1)c1nc(SCC(=O)N(C2CCCCC2)C2CCCCC2)n[nH]1. The number of nitrogens with zero attached hydrogens (tertiary/aromatic N) is 4. The topological polar surface area (TPSA) is 134 Å². The molecule has 0 bridgehead atoms. The molecule has 0 saturated heterocycles. The van der Waals surface area contributed by atoms with Crippen LogP contribution in [0.1, 0.15) is 100 Å². The summed E-state index contributed by atoms with van der Waals surface area (Å²) in [7, 11) is 0. The quantitative estimate of drug-likeness (QED) is 0.232. The van der Waals surface area contributed by atoms with Crippen LogP contribution in [0.3, 0.4) is 0 Å². The molecule has 2 aromatic rings. The van der Waals surface area contributed by atoms with Crippen LogP contribution in [0.15, 0.2) is 29.4 Å². The van der Waals surface area contributed by atoms with E-state index >= 15 is 0 Å². The van der Waals surface area contributed by atoms with E-state index in [2.05, 4.69) is 25.4 Å². The standard InChI is InChI=1S/C27H38N6O4S/c1-18(2)24(28-26(35)19-10-9-15-22(16-19)33(36)37)25-29-27(31-30-25)38-17-23(34)32(20-11-5-3-6-12-20)21-13-7-4-8-14-21/h9-10,15-16,18,20-21,24H,3-8,11-14,17H2,1-2H3,(H,28,35)(H,29,30,31)/t24-/m1/s1. The number of aromatic nitrogens is 3. The van der Waals surface area contributed by atoms with Crippen molar-refractivity contribution in [1.82, 2.24) is 25.4 Å². The molecule has 206 valence electrons. The molecule has 1 heterocycles. The van der Waals surface area contributed by atoms with Crippen molar-refractivity contribution in [2.45, 2.75) is 101 Å².